The van der Waals surface area contributed by atoms with Gasteiger partial charge in [0, 0.05) is 25.8 Å². The van der Waals surface area contributed by atoms with Crippen molar-refractivity contribution in [1.82, 2.24) is 4.98 Å². The average Bonchev–Trinajstić information content (AvgIpc) is 2.38. The third kappa shape index (κ3) is 4.06. The Morgan fingerprint density at radius 3 is 2.58 bits per heavy atom. The zero-order chi connectivity index (χ0) is 13.8. The number of pyridine rings is 1. The molecule has 3 nitrogen and oxygen atoms in total. The molecule has 0 radical (unpaired) electrons. The predicted molar refractivity (Wildman–Crippen MR) is 82.6 cm³/mol. The standard InChI is InChI=1S/C13H9Br2NO2S/c14-8-2-4-11(13(17)18)12(5-8)19-7-10-3-1-9(15)6-16-10/h1-6H,7H2,(H,17,18). The van der Waals surface area contributed by atoms with E-state index in [4.69, 9.17) is 5.11 Å². The highest BCUT2D eigenvalue weighted by Crippen LogP contribution is 2.29. The molecular formula is C13H9Br2NO2S. The lowest BCUT2D eigenvalue weighted by molar-refractivity contribution is 0.0693. The third-order valence-electron chi connectivity index (χ3n) is 2.34. The second-order valence-corrected chi connectivity index (χ2v) is 6.55. The first-order valence-corrected chi connectivity index (χ1v) is 7.89. The summed E-state index contributed by atoms with van der Waals surface area (Å²) >= 11 is 8.14. The first kappa shape index (κ1) is 14.6. The average molecular weight is 403 g/mol. The van der Waals surface area contributed by atoms with Gasteiger partial charge in [-0.1, -0.05) is 15.9 Å². The maximum Gasteiger partial charge on any atom is 0.336 e. The van der Waals surface area contributed by atoms with Gasteiger partial charge in [-0.05, 0) is 46.3 Å². The molecule has 6 heteroatoms. The monoisotopic (exact) mass is 401 g/mol. The van der Waals surface area contributed by atoms with Crippen molar-refractivity contribution in [3.63, 3.8) is 0 Å². The van der Waals surface area contributed by atoms with Gasteiger partial charge in [0.2, 0.25) is 0 Å². The Balaban J connectivity index is 2.16. The molecule has 1 N–H and O–H groups in total. The fourth-order valence-corrected chi connectivity index (χ4v) is 3.18. The van der Waals surface area contributed by atoms with E-state index >= 15 is 0 Å². The molecule has 19 heavy (non-hydrogen) atoms. The number of aromatic nitrogens is 1. The lowest BCUT2D eigenvalue weighted by atomic mass is 10.2. The number of carboxylic acid groups (broad SMARTS) is 1. The van der Waals surface area contributed by atoms with Crippen molar-refractivity contribution in [3.8, 4) is 0 Å². The molecule has 0 aliphatic carbocycles. The minimum atomic E-state index is -0.918. The van der Waals surface area contributed by atoms with E-state index in [0.29, 0.717) is 11.3 Å². The number of carbonyl (C=O) groups is 1. The number of benzene rings is 1. The van der Waals surface area contributed by atoms with Crippen molar-refractivity contribution in [2.75, 3.05) is 0 Å². The number of rotatable bonds is 4. The van der Waals surface area contributed by atoms with Gasteiger partial charge in [-0.3, -0.25) is 4.98 Å². The zero-order valence-corrected chi connectivity index (χ0v) is 13.6. The second-order valence-electron chi connectivity index (χ2n) is 3.70. The van der Waals surface area contributed by atoms with Gasteiger partial charge in [0.05, 0.1) is 11.3 Å². The van der Waals surface area contributed by atoms with Crippen LogP contribution in [0.2, 0.25) is 0 Å². The van der Waals surface area contributed by atoms with E-state index in [0.717, 1.165) is 19.5 Å². The molecule has 0 atom stereocenters. The van der Waals surface area contributed by atoms with E-state index in [1.54, 1.807) is 18.3 Å². The van der Waals surface area contributed by atoms with E-state index in [-0.39, 0.29) is 0 Å². The number of halogens is 2. The largest absolute Gasteiger partial charge is 0.478 e. The molecule has 1 aromatic carbocycles. The maximum atomic E-state index is 11.1. The van der Waals surface area contributed by atoms with Crippen LogP contribution in [-0.2, 0) is 5.75 Å². The first-order valence-electron chi connectivity index (χ1n) is 5.32. The molecule has 0 amide bonds. The zero-order valence-electron chi connectivity index (χ0n) is 9.64. The van der Waals surface area contributed by atoms with Gasteiger partial charge in [-0.15, -0.1) is 11.8 Å². The molecule has 2 rings (SSSR count). The molecule has 1 heterocycles. The first-order chi connectivity index (χ1) is 9.06. The van der Waals surface area contributed by atoms with Crippen LogP contribution in [0.3, 0.4) is 0 Å². The van der Waals surface area contributed by atoms with Gasteiger partial charge in [0.15, 0.2) is 0 Å². The second kappa shape index (κ2) is 6.54. The van der Waals surface area contributed by atoms with Crippen molar-refractivity contribution in [2.45, 2.75) is 10.6 Å². The number of aromatic carboxylic acids is 1. The van der Waals surface area contributed by atoms with Crippen LogP contribution < -0.4 is 0 Å². The summed E-state index contributed by atoms with van der Waals surface area (Å²) in [6.07, 6.45) is 1.73. The fourth-order valence-electron chi connectivity index (χ4n) is 1.44. The van der Waals surface area contributed by atoms with Crippen LogP contribution in [0.15, 0.2) is 50.4 Å². The summed E-state index contributed by atoms with van der Waals surface area (Å²) < 4.78 is 1.79. The maximum absolute atomic E-state index is 11.1. The molecule has 98 valence electrons. The van der Waals surface area contributed by atoms with Crippen LogP contribution in [0, 0.1) is 0 Å². The van der Waals surface area contributed by atoms with Crippen molar-refractivity contribution >= 4 is 49.6 Å². The highest BCUT2D eigenvalue weighted by Gasteiger charge is 2.11. The van der Waals surface area contributed by atoms with Crippen LogP contribution >= 0.6 is 43.6 Å². The van der Waals surface area contributed by atoms with E-state index in [2.05, 4.69) is 36.8 Å². The quantitative estimate of drug-likeness (QED) is 0.759. The van der Waals surface area contributed by atoms with Gasteiger partial charge < -0.3 is 5.11 Å². The molecular weight excluding hydrogens is 394 g/mol. The Morgan fingerprint density at radius 1 is 1.21 bits per heavy atom. The SMILES string of the molecule is O=C(O)c1ccc(Br)cc1SCc1ccc(Br)cn1. The fraction of sp³-hybridized carbons (Fsp3) is 0.0769. The van der Waals surface area contributed by atoms with Crippen molar-refractivity contribution in [3.05, 3.63) is 56.7 Å². The Labute approximate surface area is 131 Å². The molecule has 0 bridgehead atoms. The van der Waals surface area contributed by atoms with Gasteiger partial charge in [-0.2, -0.15) is 0 Å². The number of carboxylic acids is 1. The van der Waals surface area contributed by atoms with Gasteiger partial charge in [-0.25, -0.2) is 4.79 Å². The number of thioether (sulfide) groups is 1. The molecule has 0 unspecified atom stereocenters. The van der Waals surface area contributed by atoms with Crippen molar-refractivity contribution in [1.29, 1.82) is 0 Å². The van der Waals surface area contributed by atoms with E-state index < -0.39 is 5.97 Å². The van der Waals surface area contributed by atoms with Gasteiger partial charge in [0.25, 0.3) is 0 Å². The topological polar surface area (TPSA) is 50.2 Å². The summed E-state index contributed by atoms with van der Waals surface area (Å²) in [5, 5.41) is 9.14. The van der Waals surface area contributed by atoms with Gasteiger partial charge in [0.1, 0.15) is 0 Å². The van der Waals surface area contributed by atoms with Crippen LogP contribution in [0.25, 0.3) is 0 Å². The lowest BCUT2D eigenvalue weighted by Crippen LogP contribution is -1.99. The van der Waals surface area contributed by atoms with E-state index in [1.165, 1.54) is 11.8 Å². The summed E-state index contributed by atoms with van der Waals surface area (Å²) in [4.78, 5) is 16.1. The highest BCUT2D eigenvalue weighted by molar-refractivity contribution is 9.10. The van der Waals surface area contributed by atoms with Crippen molar-refractivity contribution in [2.24, 2.45) is 0 Å². The highest BCUT2D eigenvalue weighted by atomic mass is 79.9. The molecule has 0 saturated carbocycles. The summed E-state index contributed by atoms with van der Waals surface area (Å²) in [7, 11) is 0. The molecule has 1 aromatic heterocycles. The minimum absolute atomic E-state index is 0.310. The molecule has 0 aliphatic heterocycles. The van der Waals surface area contributed by atoms with Gasteiger partial charge >= 0.3 is 5.97 Å². The molecule has 2 aromatic rings. The normalized spacial score (nSPS) is 10.4. The Bertz CT molecular complexity index is 602. The predicted octanol–water partition coefficient (Wildman–Crippen LogP) is 4.60. The molecule has 0 saturated heterocycles. The minimum Gasteiger partial charge on any atom is -0.478 e. The van der Waals surface area contributed by atoms with Crippen LogP contribution in [0.5, 0.6) is 0 Å². The number of hydrogen-bond acceptors (Lipinski definition) is 3. The Hall–Kier alpha value is -0.850. The Morgan fingerprint density at radius 2 is 1.95 bits per heavy atom. The summed E-state index contributed by atoms with van der Waals surface area (Å²) in [5.74, 6) is -0.289. The number of nitrogens with zero attached hydrogens (tertiary/aromatic N) is 1. The van der Waals surface area contributed by atoms with Crippen LogP contribution in [0.1, 0.15) is 16.1 Å². The smallest absolute Gasteiger partial charge is 0.336 e. The lowest BCUT2D eigenvalue weighted by Gasteiger charge is -2.06. The summed E-state index contributed by atoms with van der Waals surface area (Å²) in [5.41, 5.74) is 1.22. The van der Waals surface area contributed by atoms with Crippen LogP contribution in [0.4, 0.5) is 0 Å². The Kier molecular flexibility index (Phi) is 5.01. The van der Waals surface area contributed by atoms with E-state index in [9.17, 15) is 4.79 Å². The van der Waals surface area contributed by atoms with Crippen molar-refractivity contribution < 1.29 is 9.90 Å². The molecule has 0 aliphatic rings. The summed E-state index contributed by atoms with van der Waals surface area (Å²) in [6, 6.07) is 8.97. The molecule has 0 fully saturated rings. The third-order valence-corrected chi connectivity index (χ3v) is 4.39. The van der Waals surface area contributed by atoms with E-state index in [1.807, 2.05) is 18.2 Å². The molecule has 0 spiro atoms. The summed E-state index contributed by atoms with van der Waals surface area (Å²) in [6.45, 7) is 0. The van der Waals surface area contributed by atoms with Crippen LogP contribution in [-0.4, -0.2) is 16.1 Å². The number of hydrogen-bond donors (Lipinski definition) is 1.